The lowest BCUT2D eigenvalue weighted by Crippen LogP contribution is -2.24. The highest BCUT2D eigenvalue weighted by atomic mass is 35.5. The van der Waals surface area contributed by atoms with Crippen LogP contribution in [-0.4, -0.2) is 11.6 Å². The first-order valence-corrected chi connectivity index (χ1v) is 7.91. The van der Waals surface area contributed by atoms with E-state index in [4.69, 9.17) is 11.6 Å². The van der Waals surface area contributed by atoms with Gasteiger partial charge in [0.1, 0.15) is 0 Å². The number of carbonyl (C=O) groups is 1. The average molecular weight is 329 g/mol. The molecule has 0 aliphatic rings. The van der Waals surface area contributed by atoms with Crippen molar-refractivity contribution < 1.29 is 4.79 Å². The van der Waals surface area contributed by atoms with E-state index in [1.807, 2.05) is 25.1 Å². The number of amides is 1. The first kappa shape index (κ1) is 17.2. The number of rotatable bonds is 5. The summed E-state index contributed by atoms with van der Waals surface area (Å²) < 4.78 is 0. The largest absolute Gasteiger partial charge is 0.271 e. The molecule has 2 rings (SSSR count). The molecule has 23 heavy (non-hydrogen) atoms. The van der Waals surface area contributed by atoms with Crippen molar-refractivity contribution in [3.05, 3.63) is 70.7 Å². The summed E-state index contributed by atoms with van der Waals surface area (Å²) in [5.74, 6) is -0.237. The number of hydrogen-bond acceptors (Lipinski definition) is 2. The van der Waals surface area contributed by atoms with Gasteiger partial charge in [-0.05, 0) is 48.6 Å². The predicted molar refractivity (Wildman–Crippen MR) is 96.1 cm³/mol. The van der Waals surface area contributed by atoms with Crippen LogP contribution in [0.1, 0.15) is 43.1 Å². The summed E-state index contributed by atoms with van der Waals surface area (Å²) >= 11 is 5.82. The number of benzene rings is 2. The summed E-state index contributed by atoms with van der Waals surface area (Å²) in [6.07, 6.45) is 0.762. The molecule has 4 heteroatoms. The fourth-order valence-electron chi connectivity index (χ4n) is 2.48. The van der Waals surface area contributed by atoms with Gasteiger partial charge < -0.3 is 0 Å². The molecule has 1 amide bonds. The van der Waals surface area contributed by atoms with Crippen LogP contribution in [0.2, 0.25) is 5.02 Å². The van der Waals surface area contributed by atoms with Crippen molar-refractivity contribution in [2.45, 2.75) is 32.6 Å². The third kappa shape index (κ3) is 4.93. The second-order valence-corrected chi connectivity index (χ2v) is 6.66. The maximum absolute atomic E-state index is 12.0. The molecule has 0 radical (unpaired) electrons. The van der Waals surface area contributed by atoms with Gasteiger partial charge in [-0.2, -0.15) is 5.10 Å². The monoisotopic (exact) mass is 328 g/mol. The minimum atomic E-state index is -0.237. The molecule has 0 aromatic heterocycles. The first-order valence-electron chi connectivity index (χ1n) is 7.53. The minimum absolute atomic E-state index is 0.0418. The molecular formula is C19H21ClN2O. The lowest BCUT2D eigenvalue weighted by molar-refractivity contribution is 0.0954. The molecule has 0 unspecified atom stereocenters. The normalized spacial score (nSPS) is 12.1. The summed E-state index contributed by atoms with van der Waals surface area (Å²) in [5, 5.41) is 4.82. The standard InChI is InChI=1S/C19H21ClN2O/c1-14(13-19(2,3)16-7-5-4-6-8-16)21-22-18(23)15-9-11-17(20)12-10-15/h4-12H,13H2,1-3H3,(H,22,23)/b21-14+. The first-order chi connectivity index (χ1) is 10.9. The van der Waals surface area contributed by atoms with Crippen LogP contribution >= 0.6 is 11.6 Å². The Labute approximate surface area is 142 Å². The molecule has 2 aromatic carbocycles. The molecule has 0 aliphatic carbocycles. The molecule has 0 spiro atoms. The van der Waals surface area contributed by atoms with Crippen LogP contribution in [0.25, 0.3) is 0 Å². The van der Waals surface area contributed by atoms with Gasteiger partial charge in [-0.15, -0.1) is 0 Å². The molecule has 0 heterocycles. The van der Waals surface area contributed by atoms with Gasteiger partial charge in [-0.1, -0.05) is 55.8 Å². The Kier molecular flexibility index (Phi) is 5.56. The zero-order valence-corrected chi connectivity index (χ0v) is 14.4. The highest BCUT2D eigenvalue weighted by Crippen LogP contribution is 2.27. The number of halogens is 1. The van der Waals surface area contributed by atoms with E-state index in [9.17, 15) is 4.79 Å². The van der Waals surface area contributed by atoms with Gasteiger partial charge in [-0.25, -0.2) is 5.43 Å². The SMILES string of the molecule is C/C(CC(C)(C)c1ccccc1)=N\NC(=O)c1ccc(Cl)cc1. The molecule has 0 saturated heterocycles. The second kappa shape index (κ2) is 7.42. The Morgan fingerprint density at radius 2 is 1.70 bits per heavy atom. The van der Waals surface area contributed by atoms with E-state index >= 15 is 0 Å². The number of carbonyl (C=O) groups excluding carboxylic acids is 1. The topological polar surface area (TPSA) is 41.5 Å². The zero-order valence-electron chi connectivity index (χ0n) is 13.6. The van der Waals surface area contributed by atoms with Crippen molar-refractivity contribution in [1.82, 2.24) is 5.43 Å². The third-order valence-electron chi connectivity index (χ3n) is 3.71. The van der Waals surface area contributed by atoms with E-state index in [0.29, 0.717) is 10.6 Å². The highest BCUT2D eigenvalue weighted by molar-refractivity contribution is 6.30. The summed E-state index contributed by atoms with van der Waals surface area (Å²) in [5.41, 5.74) is 5.22. The fourth-order valence-corrected chi connectivity index (χ4v) is 2.61. The summed E-state index contributed by atoms with van der Waals surface area (Å²) in [6, 6.07) is 17.0. The molecular weight excluding hydrogens is 308 g/mol. The van der Waals surface area contributed by atoms with Crippen LogP contribution in [-0.2, 0) is 5.41 Å². The van der Waals surface area contributed by atoms with Crippen LogP contribution in [0.3, 0.4) is 0 Å². The van der Waals surface area contributed by atoms with Gasteiger partial charge in [0.25, 0.3) is 5.91 Å². The molecule has 120 valence electrons. The molecule has 0 fully saturated rings. The maximum atomic E-state index is 12.0. The number of nitrogens with one attached hydrogen (secondary N) is 1. The Hall–Kier alpha value is -2.13. The maximum Gasteiger partial charge on any atom is 0.271 e. The second-order valence-electron chi connectivity index (χ2n) is 6.22. The van der Waals surface area contributed by atoms with E-state index in [2.05, 4.69) is 36.5 Å². The van der Waals surface area contributed by atoms with Crippen LogP contribution in [0, 0.1) is 0 Å². The van der Waals surface area contributed by atoms with Crippen molar-refractivity contribution in [2.75, 3.05) is 0 Å². The molecule has 0 bridgehead atoms. The van der Waals surface area contributed by atoms with Crippen molar-refractivity contribution in [3.63, 3.8) is 0 Å². The van der Waals surface area contributed by atoms with Gasteiger partial charge in [0, 0.05) is 16.3 Å². The smallest absolute Gasteiger partial charge is 0.267 e. The number of nitrogens with zero attached hydrogens (tertiary/aromatic N) is 1. The van der Waals surface area contributed by atoms with Gasteiger partial charge in [0.15, 0.2) is 0 Å². The van der Waals surface area contributed by atoms with Crippen LogP contribution in [0.4, 0.5) is 0 Å². The Morgan fingerprint density at radius 1 is 1.09 bits per heavy atom. The quantitative estimate of drug-likeness (QED) is 0.621. The van der Waals surface area contributed by atoms with E-state index in [1.54, 1.807) is 24.3 Å². The van der Waals surface area contributed by atoms with Crippen LogP contribution in [0.15, 0.2) is 59.7 Å². The van der Waals surface area contributed by atoms with Crippen LogP contribution in [0.5, 0.6) is 0 Å². The summed E-state index contributed by atoms with van der Waals surface area (Å²) in [7, 11) is 0. The third-order valence-corrected chi connectivity index (χ3v) is 3.96. The number of hydrogen-bond donors (Lipinski definition) is 1. The summed E-state index contributed by atoms with van der Waals surface area (Å²) in [6.45, 7) is 6.26. The van der Waals surface area contributed by atoms with Crippen molar-refractivity contribution in [1.29, 1.82) is 0 Å². The van der Waals surface area contributed by atoms with E-state index < -0.39 is 0 Å². The lowest BCUT2D eigenvalue weighted by atomic mass is 9.80. The van der Waals surface area contributed by atoms with Crippen LogP contribution < -0.4 is 5.43 Å². The Bertz CT molecular complexity index is 691. The highest BCUT2D eigenvalue weighted by Gasteiger charge is 2.21. The van der Waals surface area contributed by atoms with Crippen molar-refractivity contribution >= 4 is 23.2 Å². The zero-order chi connectivity index (χ0) is 16.9. The fraction of sp³-hybridized carbons (Fsp3) is 0.263. The molecule has 3 nitrogen and oxygen atoms in total. The van der Waals surface area contributed by atoms with E-state index in [1.165, 1.54) is 5.56 Å². The van der Waals surface area contributed by atoms with Crippen molar-refractivity contribution in [2.24, 2.45) is 5.10 Å². The van der Waals surface area contributed by atoms with Gasteiger partial charge in [0.05, 0.1) is 0 Å². The lowest BCUT2D eigenvalue weighted by Gasteiger charge is -2.25. The molecule has 0 aliphatic heterocycles. The molecule has 2 aromatic rings. The van der Waals surface area contributed by atoms with Gasteiger partial charge in [-0.3, -0.25) is 4.79 Å². The van der Waals surface area contributed by atoms with Crippen molar-refractivity contribution in [3.8, 4) is 0 Å². The Morgan fingerprint density at radius 3 is 2.30 bits per heavy atom. The summed E-state index contributed by atoms with van der Waals surface area (Å²) in [4.78, 5) is 12.0. The van der Waals surface area contributed by atoms with Gasteiger partial charge >= 0.3 is 0 Å². The Balaban J connectivity index is 2.00. The minimum Gasteiger partial charge on any atom is -0.267 e. The average Bonchev–Trinajstić information content (AvgIpc) is 2.54. The molecule has 1 N–H and O–H groups in total. The molecule has 0 atom stereocenters. The predicted octanol–water partition coefficient (Wildman–Crippen LogP) is 4.81. The number of hydrazone groups is 1. The van der Waals surface area contributed by atoms with E-state index in [0.717, 1.165) is 12.1 Å². The van der Waals surface area contributed by atoms with Gasteiger partial charge in [0.2, 0.25) is 0 Å². The molecule has 0 saturated carbocycles. The van der Waals surface area contributed by atoms with E-state index in [-0.39, 0.29) is 11.3 Å².